The van der Waals surface area contributed by atoms with Gasteiger partial charge in [0, 0.05) is 11.5 Å². The second-order valence-corrected chi connectivity index (χ2v) is 8.58. The van der Waals surface area contributed by atoms with E-state index < -0.39 is 11.6 Å². The monoisotopic (exact) mass is 372 g/mol. The van der Waals surface area contributed by atoms with Gasteiger partial charge in [-0.15, -0.1) is 0 Å². The van der Waals surface area contributed by atoms with Crippen molar-refractivity contribution in [2.24, 2.45) is 11.8 Å². The quantitative estimate of drug-likeness (QED) is 0.425. The summed E-state index contributed by atoms with van der Waals surface area (Å²) in [5, 5.41) is 0. The summed E-state index contributed by atoms with van der Waals surface area (Å²) in [6.07, 6.45) is 19.7. The minimum atomic E-state index is -0.439. The Hall–Kier alpha value is -1.44. The molecule has 0 amide bonds. The van der Waals surface area contributed by atoms with E-state index in [1.165, 1.54) is 82.4 Å². The van der Waals surface area contributed by atoms with Crippen LogP contribution in [0.2, 0.25) is 0 Å². The van der Waals surface area contributed by atoms with Crippen LogP contribution in [-0.2, 0) is 0 Å². The third-order valence-corrected chi connectivity index (χ3v) is 6.64. The first-order chi connectivity index (χ1) is 13.1. The van der Waals surface area contributed by atoms with Gasteiger partial charge in [-0.3, -0.25) is 0 Å². The molecule has 2 aliphatic rings. The van der Waals surface area contributed by atoms with Crippen LogP contribution in [-0.4, -0.2) is 0 Å². The van der Waals surface area contributed by atoms with Crippen LogP contribution in [0.15, 0.2) is 35.9 Å². The summed E-state index contributed by atoms with van der Waals surface area (Å²) in [5.74, 6) is 0.822. The van der Waals surface area contributed by atoms with Crippen molar-refractivity contribution in [1.29, 1.82) is 0 Å². The van der Waals surface area contributed by atoms with Crippen molar-refractivity contribution in [3.05, 3.63) is 58.7 Å². The van der Waals surface area contributed by atoms with Gasteiger partial charge in [-0.25, -0.2) is 8.78 Å². The van der Waals surface area contributed by atoms with E-state index >= 15 is 0 Å². The van der Waals surface area contributed by atoms with E-state index in [1.807, 2.05) is 0 Å². The summed E-state index contributed by atoms with van der Waals surface area (Å²) in [4.78, 5) is 0. The van der Waals surface area contributed by atoms with E-state index in [4.69, 9.17) is 0 Å². The molecule has 0 saturated heterocycles. The number of hydrogen-bond acceptors (Lipinski definition) is 0. The van der Waals surface area contributed by atoms with Gasteiger partial charge in [0.15, 0.2) is 0 Å². The highest BCUT2D eigenvalue weighted by molar-refractivity contribution is 5.36. The molecule has 0 heterocycles. The minimum Gasteiger partial charge on any atom is -0.207 e. The van der Waals surface area contributed by atoms with Gasteiger partial charge in [0.25, 0.3) is 0 Å². The van der Waals surface area contributed by atoms with Crippen molar-refractivity contribution in [3.8, 4) is 0 Å². The van der Waals surface area contributed by atoms with Crippen molar-refractivity contribution in [2.45, 2.75) is 84.0 Å². The molecule has 3 rings (SSSR count). The zero-order valence-corrected chi connectivity index (χ0v) is 16.9. The molecular weight excluding hydrogens is 338 g/mol. The van der Waals surface area contributed by atoms with Crippen LogP contribution in [0.25, 0.3) is 0 Å². The van der Waals surface area contributed by atoms with E-state index in [-0.39, 0.29) is 11.5 Å². The summed E-state index contributed by atoms with van der Waals surface area (Å²) in [6.45, 7) is 3.76. The van der Waals surface area contributed by atoms with Crippen molar-refractivity contribution in [3.63, 3.8) is 0 Å². The Bertz CT molecular complexity index is 655. The van der Waals surface area contributed by atoms with E-state index in [1.54, 1.807) is 0 Å². The molecule has 148 valence electrons. The first-order valence-electron chi connectivity index (χ1n) is 10.9. The van der Waals surface area contributed by atoms with Gasteiger partial charge < -0.3 is 0 Å². The lowest BCUT2D eigenvalue weighted by Crippen LogP contribution is -2.17. The molecule has 1 unspecified atom stereocenters. The van der Waals surface area contributed by atoms with Crippen molar-refractivity contribution in [1.82, 2.24) is 0 Å². The molecule has 0 radical (unpaired) electrons. The molecule has 1 atom stereocenters. The average Bonchev–Trinajstić information content (AvgIpc) is 2.70. The van der Waals surface area contributed by atoms with Gasteiger partial charge in [0.05, 0.1) is 0 Å². The van der Waals surface area contributed by atoms with Crippen LogP contribution in [0.5, 0.6) is 0 Å². The molecule has 2 aliphatic carbocycles. The Kier molecular flexibility index (Phi) is 7.26. The van der Waals surface area contributed by atoms with Gasteiger partial charge in [0.2, 0.25) is 0 Å². The van der Waals surface area contributed by atoms with Crippen molar-refractivity contribution >= 4 is 0 Å². The first-order valence-corrected chi connectivity index (χ1v) is 10.9. The highest BCUT2D eigenvalue weighted by atomic mass is 19.1. The summed E-state index contributed by atoms with van der Waals surface area (Å²) >= 11 is 0. The molecule has 1 fully saturated rings. The fourth-order valence-electron chi connectivity index (χ4n) is 4.71. The van der Waals surface area contributed by atoms with Crippen molar-refractivity contribution in [2.75, 3.05) is 0 Å². The average molecular weight is 373 g/mol. The van der Waals surface area contributed by atoms with Gasteiger partial charge in [0.1, 0.15) is 11.6 Å². The lowest BCUT2D eigenvalue weighted by Gasteiger charge is -2.31. The normalized spacial score (nSPS) is 25.5. The predicted octanol–water partition coefficient (Wildman–Crippen LogP) is 8.02. The van der Waals surface area contributed by atoms with Crippen LogP contribution in [0.3, 0.4) is 0 Å². The highest BCUT2D eigenvalue weighted by Gasteiger charge is 2.24. The Balaban J connectivity index is 1.49. The molecule has 0 aromatic heterocycles. The van der Waals surface area contributed by atoms with Crippen molar-refractivity contribution < 1.29 is 8.78 Å². The van der Waals surface area contributed by atoms with Crippen LogP contribution in [0.1, 0.15) is 88.2 Å². The third kappa shape index (κ3) is 5.30. The van der Waals surface area contributed by atoms with E-state index in [2.05, 4.69) is 25.2 Å². The molecule has 0 spiro atoms. The Labute approximate surface area is 163 Å². The molecule has 1 aromatic rings. The third-order valence-electron chi connectivity index (χ3n) is 6.64. The summed E-state index contributed by atoms with van der Waals surface area (Å²) in [6, 6.07) is 2.99. The molecule has 1 saturated carbocycles. The smallest absolute Gasteiger partial charge is 0.129 e. The number of benzene rings is 1. The van der Waals surface area contributed by atoms with Crippen LogP contribution in [0.4, 0.5) is 8.78 Å². The maximum absolute atomic E-state index is 13.9. The largest absolute Gasteiger partial charge is 0.207 e. The standard InChI is InChI=1S/C25H34F2/c1-3-4-5-6-7-19-8-10-20(11-9-19)21-12-14-22(15-13-21)23-16-24(26)18(2)25(27)17-23/h12-14,16-17,19-20,22H,3-11,15H2,1-2H3. The number of rotatable bonds is 7. The lowest BCUT2D eigenvalue weighted by atomic mass is 9.75. The molecule has 2 heteroatoms. The predicted molar refractivity (Wildman–Crippen MR) is 110 cm³/mol. The molecule has 0 N–H and O–H groups in total. The Morgan fingerprint density at radius 1 is 0.963 bits per heavy atom. The van der Waals surface area contributed by atoms with E-state index in [9.17, 15) is 8.78 Å². The van der Waals surface area contributed by atoms with Gasteiger partial charge in [-0.1, -0.05) is 57.3 Å². The number of hydrogen-bond donors (Lipinski definition) is 0. The second kappa shape index (κ2) is 9.66. The molecule has 0 bridgehead atoms. The number of halogens is 2. The second-order valence-electron chi connectivity index (χ2n) is 8.58. The molecule has 0 nitrogen and oxygen atoms in total. The molecule has 27 heavy (non-hydrogen) atoms. The van der Waals surface area contributed by atoms with Crippen LogP contribution < -0.4 is 0 Å². The van der Waals surface area contributed by atoms with Gasteiger partial charge in [-0.05, 0) is 74.1 Å². The SMILES string of the molecule is CCCCCCC1CCC(C2=CCC(c3cc(F)c(C)c(F)c3)C=C2)CC1. The Morgan fingerprint density at radius 3 is 2.26 bits per heavy atom. The Morgan fingerprint density at radius 2 is 1.67 bits per heavy atom. The summed E-state index contributed by atoms with van der Waals surface area (Å²) in [7, 11) is 0. The summed E-state index contributed by atoms with van der Waals surface area (Å²) in [5.41, 5.74) is 2.31. The maximum Gasteiger partial charge on any atom is 0.129 e. The summed E-state index contributed by atoms with van der Waals surface area (Å²) < 4.78 is 27.7. The van der Waals surface area contributed by atoms with Gasteiger partial charge in [-0.2, -0.15) is 0 Å². The van der Waals surface area contributed by atoms with Gasteiger partial charge >= 0.3 is 0 Å². The number of allylic oxidation sites excluding steroid dienone is 4. The number of unbranched alkanes of at least 4 members (excludes halogenated alkanes) is 3. The fourth-order valence-corrected chi connectivity index (χ4v) is 4.71. The highest BCUT2D eigenvalue weighted by Crippen LogP contribution is 2.39. The van der Waals surface area contributed by atoms with E-state index in [0.717, 1.165) is 17.9 Å². The molecular formula is C25H34F2. The molecule has 0 aliphatic heterocycles. The zero-order chi connectivity index (χ0) is 19.2. The fraction of sp³-hybridized carbons (Fsp3) is 0.600. The van der Waals surface area contributed by atoms with E-state index in [0.29, 0.717) is 5.92 Å². The molecule has 1 aromatic carbocycles. The zero-order valence-electron chi connectivity index (χ0n) is 16.9. The minimum absolute atomic E-state index is 0.0910. The lowest BCUT2D eigenvalue weighted by molar-refractivity contribution is 0.283. The maximum atomic E-state index is 13.9. The van der Waals surface area contributed by atoms with Crippen LogP contribution in [0, 0.1) is 30.4 Å². The first kappa shape index (κ1) is 20.3. The topological polar surface area (TPSA) is 0 Å². The van der Waals surface area contributed by atoms with Crippen LogP contribution >= 0.6 is 0 Å².